The zero-order valence-corrected chi connectivity index (χ0v) is 15.3. The van der Waals surface area contributed by atoms with Crippen LogP contribution in [0.15, 0.2) is 18.2 Å². The summed E-state index contributed by atoms with van der Waals surface area (Å²) < 4.78 is 124. The highest BCUT2D eigenvalue weighted by Gasteiger charge is 2.42. The summed E-state index contributed by atoms with van der Waals surface area (Å²) in [4.78, 5) is 10.9. The van der Waals surface area contributed by atoms with Crippen LogP contribution in [0.1, 0.15) is 21.5 Å². The van der Waals surface area contributed by atoms with Crippen molar-refractivity contribution in [2.75, 3.05) is 5.32 Å². The SMILES string of the molecule is O=C(O)c1cc(NCc2c(F)c(F)c(C(F)(F)F)c(F)c2F)ccc1O.O=S(=O)(O)O. The fourth-order valence-electron chi connectivity index (χ4n) is 2.09. The predicted octanol–water partition coefficient (Wildman–Crippen LogP) is 3.62. The van der Waals surface area contributed by atoms with Crippen LogP contribution in [-0.2, 0) is 23.1 Å². The van der Waals surface area contributed by atoms with Gasteiger partial charge in [0.25, 0.3) is 0 Å². The molecule has 2 aromatic rings. The number of benzene rings is 2. The summed E-state index contributed by atoms with van der Waals surface area (Å²) in [5, 5.41) is 20.4. The molecule has 0 saturated heterocycles. The minimum Gasteiger partial charge on any atom is -0.507 e. The van der Waals surface area contributed by atoms with Crippen molar-refractivity contribution < 1.29 is 63.3 Å². The summed E-state index contributed by atoms with van der Waals surface area (Å²) in [7, 11) is -4.67. The molecule has 16 heteroatoms. The van der Waals surface area contributed by atoms with E-state index in [9.17, 15) is 40.6 Å². The highest BCUT2D eigenvalue weighted by atomic mass is 32.3. The zero-order chi connectivity index (χ0) is 24.3. The van der Waals surface area contributed by atoms with Gasteiger partial charge in [-0.3, -0.25) is 9.11 Å². The van der Waals surface area contributed by atoms with E-state index in [1.54, 1.807) is 0 Å². The van der Waals surface area contributed by atoms with Gasteiger partial charge in [-0.05, 0) is 18.2 Å². The van der Waals surface area contributed by atoms with Crippen molar-refractivity contribution >= 4 is 22.1 Å². The Hall–Kier alpha value is -3.11. The van der Waals surface area contributed by atoms with E-state index < -0.39 is 74.8 Å². The van der Waals surface area contributed by atoms with Gasteiger partial charge in [0.05, 0.1) is 0 Å². The summed E-state index contributed by atoms with van der Waals surface area (Å²) in [5.41, 5.74) is -4.74. The molecule has 31 heavy (non-hydrogen) atoms. The summed E-state index contributed by atoms with van der Waals surface area (Å²) in [5.74, 6) is -11.8. The molecule has 0 spiro atoms. The lowest BCUT2D eigenvalue weighted by Gasteiger charge is -2.15. The number of anilines is 1. The summed E-state index contributed by atoms with van der Waals surface area (Å²) in [6.45, 7) is -0.993. The highest BCUT2D eigenvalue weighted by Crippen LogP contribution is 2.37. The Bertz CT molecular complexity index is 1070. The average Bonchev–Trinajstić information content (AvgIpc) is 2.58. The second-order valence-corrected chi connectivity index (χ2v) is 6.34. The molecule has 8 nitrogen and oxygen atoms in total. The third-order valence-electron chi connectivity index (χ3n) is 3.33. The molecule has 5 N–H and O–H groups in total. The zero-order valence-electron chi connectivity index (χ0n) is 14.5. The molecular weight excluding hydrogens is 471 g/mol. The molecule has 2 aromatic carbocycles. The van der Waals surface area contributed by atoms with Crippen molar-refractivity contribution in [1.82, 2.24) is 0 Å². The van der Waals surface area contributed by atoms with Gasteiger partial charge in [0.15, 0.2) is 23.3 Å². The van der Waals surface area contributed by atoms with E-state index in [2.05, 4.69) is 5.32 Å². The average molecular weight is 481 g/mol. The first-order chi connectivity index (χ1) is 13.9. The molecule has 0 unspecified atom stereocenters. The molecule has 0 atom stereocenters. The van der Waals surface area contributed by atoms with Gasteiger partial charge in [0.2, 0.25) is 0 Å². The van der Waals surface area contributed by atoms with Crippen molar-refractivity contribution in [2.45, 2.75) is 12.7 Å². The van der Waals surface area contributed by atoms with Gasteiger partial charge in [-0.1, -0.05) is 0 Å². The smallest absolute Gasteiger partial charge is 0.422 e. The number of carbonyl (C=O) groups is 1. The van der Waals surface area contributed by atoms with Gasteiger partial charge in [-0.2, -0.15) is 21.6 Å². The van der Waals surface area contributed by atoms with E-state index >= 15 is 0 Å². The molecule has 0 aliphatic heterocycles. The third-order valence-corrected chi connectivity index (χ3v) is 3.33. The Kier molecular flexibility index (Phi) is 7.83. The van der Waals surface area contributed by atoms with Gasteiger partial charge in [0, 0.05) is 17.8 Å². The maximum atomic E-state index is 13.8. The maximum Gasteiger partial charge on any atom is 0.422 e. The minimum atomic E-state index is -5.64. The molecule has 0 aromatic heterocycles. The maximum absolute atomic E-state index is 13.8. The molecular formula is C15H10F7NO7S. The molecule has 0 bridgehead atoms. The number of phenols is 1. The molecule has 0 heterocycles. The molecule has 172 valence electrons. The number of nitrogens with one attached hydrogen (secondary N) is 1. The van der Waals surface area contributed by atoms with Crippen molar-refractivity contribution in [3.8, 4) is 5.75 Å². The number of hydrogen-bond donors (Lipinski definition) is 5. The van der Waals surface area contributed by atoms with Gasteiger partial charge in [-0.15, -0.1) is 0 Å². The summed E-state index contributed by atoms with van der Waals surface area (Å²) in [6.07, 6.45) is -5.64. The van der Waals surface area contributed by atoms with Crippen LogP contribution in [0.2, 0.25) is 0 Å². The fraction of sp³-hybridized carbons (Fsp3) is 0.133. The van der Waals surface area contributed by atoms with Crippen LogP contribution in [0.4, 0.5) is 36.4 Å². The predicted molar refractivity (Wildman–Crippen MR) is 87.8 cm³/mol. The first-order valence-electron chi connectivity index (χ1n) is 7.37. The second kappa shape index (κ2) is 9.36. The van der Waals surface area contributed by atoms with E-state index in [1.807, 2.05) is 0 Å². The topological polar surface area (TPSA) is 144 Å². The Morgan fingerprint density at radius 3 is 1.81 bits per heavy atom. The molecule has 0 amide bonds. The van der Waals surface area contributed by atoms with E-state index in [0.717, 1.165) is 18.2 Å². The molecule has 0 aliphatic rings. The van der Waals surface area contributed by atoms with Crippen molar-refractivity contribution in [3.63, 3.8) is 0 Å². The number of hydrogen-bond acceptors (Lipinski definition) is 5. The lowest BCUT2D eigenvalue weighted by atomic mass is 10.1. The Morgan fingerprint density at radius 2 is 1.42 bits per heavy atom. The third kappa shape index (κ3) is 6.97. The molecule has 0 saturated carbocycles. The van der Waals surface area contributed by atoms with Crippen molar-refractivity contribution in [2.24, 2.45) is 0 Å². The molecule has 2 rings (SSSR count). The first kappa shape index (κ1) is 25.9. The number of rotatable bonds is 4. The number of carboxylic acids is 1. The number of halogens is 7. The Balaban J connectivity index is 0.000000861. The van der Waals surface area contributed by atoms with Crippen molar-refractivity contribution in [1.29, 1.82) is 0 Å². The van der Waals surface area contributed by atoms with Gasteiger partial charge in [0.1, 0.15) is 16.9 Å². The van der Waals surface area contributed by atoms with Crippen LogP contribution in [0.25, 0.3) is 0 Å². The van der Waals surface area contributed by atoms with Crippen LogP contribution < -0.4 is 5.32 Å². The van der Waals surface area contributed by atoms with E-state index in [1.165, 1.54) is 0 Å². The number of alkyl halides is 3. The lowest BCUT2D eigenvalue weighted by molar-refractivity contribution is -0.143. The van der Waals surface area contributed by atoms with E-state index in [4.69, 9.17) is 22.6 Å². The Labute approximate surface area is 168 Å². The van der Waals surface area contributed by atoms with Gasteiger partial charge in [-0.25, -0.2) is 22.4 Å². The second-order valence-electron chi connectivity index (χ2n) is 5.45. The van der Waals surface area contributed by atoms with Crippen LogP contribution in [0, 0.1) is 23.3 Å². The molecule has 0 aliphatic carbocycles. The van der Waals surface area contributed by atoms with Gasteiger partial charge >= 0.3 is 22.5 Å². The minimum absolute atomic E-state index is 0.125. The van der Waals surface area contributed by atoms with E-state index in [0.29, 0.717) is 0 Å². The van der Waals surface area contributed by atoms with Crippen LogP contribution in [0.3, 0.4) is 0 Å². The number of carboxylic acid groups (broad SMARTS) is 1. The lowest BCUT2D eigenvalue weighted by Crippen LogP contribution is -2.18. The summed E-state index contributed by atoms with van der Waals surface area (Å²) >= 11 is 0. The monoisotopic (exact) mass is 481 g/mol. The number of aromatic carboxylic acids is 1. The standard InChI is InChI=1S/C15H8F7NO3.H2O4S/c16-10-7(11(17)13(19)9(12(10)18)15(20,21)22)4-23-5-1-2-8(24)6(3-5)14(25)26;1-5(2,3)4/h1-3,23-24H,4H2,(H,25,26);(H2,1,2,3,4). The van der Waals surface area contributed by atoms with E-state index in [-0.39, 0.29) is 5.69 Å². The normalized spacial score (nSPS) is 11.5. The van der Waals surface area contributed by atoms with Crippen LogP contribution in [-0.4, -0.2) is 33.7 Å². The Morgan fingerprint density at radius 1 is 0.968 bits per heavy atom. The highest BCUT2D eigenvalue weighted by molar-refractivity contribution is 7.79. The summed E-state index contributed by atoms with van der Waals surface area (Å²) in [6, 6.07) is 2.85. The van der Waals surface area contributed by atoms with Gasteiger partial charge < -0.3 is 15.5 Å². The number of aromatic hydroxyl groups is 1. The molecule has 0 radical (unpaired) electrons. The fourth-order valence-corrected chi connectivity index (χ4v) is 2.09. The largest absolute Gasteiger partial charge is 0.507 e. The van der Waals surface area contributed by atoms with Crippen molar-refractivity contribution in [3.05, 3.63) is 58.2 Å². The quantitative estimate of drug-likeness (QED) is 0.193. The molecule has 0 fully saturated rings. The first-order valence-corrected chi connectivity index (χ1v) is 8.76. The van der Waals surface area contributed by atoms with Crippen LogP contribution in [0.5, 0.6) is 5.75 Å². The van der Waals surface area contributed by atoms with Crippen LogP contribution >= 0.6 is 0 Å².